The molecule has 1 heterocycles. The van der Waals surface area contributed by atoms with E-state index in [4.69, 9.17) is 0 Å². The van der Waals surface area contributed by atoms with Crippen molar-refractivity contribution in [3.05, 3.63) is 0 Å². The molecule has 1 fully saturated rings. The van der Waals surface area contributed by atoms with Crippen molar-refractivity contribution < 1.29 is 9.59 Å². The molecule has 1 aliphatic heterocycles. The highest BCUT2D eigenvalue weighted by Crippen LogP contribution is 2.39. The third-order valence-corrected chi connectivity index (χ3v) is 5.12. The summed E-state index contributed by atoms with van der Waals surface area (Å²) in [7, 11) is 0. The molecular formula is C14H25NO2S2. The summed E-state index contributed by atoms with van der Waals surface area (Å²) in [5.74, 6) is -0.00887. The maximum Gasteiger partial charge on any atom is 0.299 e. The van der Waals surface area contributed by atoms with E-state index in [9.17, 15) is 9.59 Å². The molecule has 0 N–H and O–H groups in total. The topological polar surface area (TPSA) is 37.4 Å². The average molecular weight is 303 g/mol. The van der Waals surface area contributed by atoms with Crippen LogP contribution in [0.1, 0.15) is 66.2 Å². The summed E-state index contributed by atoms with van der Waals surface area (Å²) in [6, 6.07) is 0. The molecule has 0 aromatic heterocycles. The van der Waals surface area contributed by atoms with Gasteiger partial charge >= 0.3 is 0 Å². The van der Waals surface area contributed by atoms with Crippen molar-refractivity contribution >= 4 is 34.9 Å². The second-order valence-electron chi connectivity index (χ2n) is 5.91. The van der Waals surface area contributed by atoms with Crippen LogP contribution in [0.15, 0.2) is 0 Å². The van der Waals surface area contributed by atoms with E-state index in [0.29, 0.717) is 0 Å². The smallest absolute Gasteiger partial charge is 0.272 e. The highest BCUT2D eigenvalue weighted by Gasteiger charge is 2.41. The van der Waals surface area contributed by atoms with E-state index in [2.05, 4.69) is 6.92 Å². The van der Waals surface area contributed by atoms with E-state index in [1.54, 1.807) is 0 Å². The lowest BCUT2D eigenvalue weighted by Gasteiger charge is -2.22. The van der Waals surface area contributed by atoms with Gasteiger partial charge in [0.2, 0.25) is 0 Å². The summed E-state index contributed by atoms with van der Waals surface area (Å²) in [5.41, 5.74) is 0. The van der Waals surface area contributed by atoms with Crippen molar-refractivity contribution in [2.24, 2.45) is 0 Å². The molecule has 2 amide bonds. The number of hydrogen-bond donors (Lipinski definition) is 0. The Morgan fingerprint density at radius 2 is 1.79 bits per heavy atom. The minimum Gasteiger partial charge on any atom is -0.272 e. The van der Waals surface area contributed by atoms with Gasteiger partial charge in [0.1, 0.15) is 0 Å². The van der Waals surface area contributed by atoms with Crippen molar-refractivity contribution in [3.8, 4) is 0 Å². The molecule has 0 bridgehead atoms. The molecule has 0 spiro atoms. The Labute approximate surface area is 125 Å². The molecule has 5 heteroatoms. The molecule has 0 aromatic rings. The predicted octanol–water partition coefficient (Wildman–Crippen LogP) is 4.86. The molecule has 1 atom stereocenters. The van der Waals surface area contributed by atoms with E-state index in [1.165, 1.54) is 53.7 Å². The largest absolute Gasteiger partial charge is 0.299 e. The van der Waals surface area contributed by atoms with Gasteiger partial charge in [-0.05, 0) is 50.9 Å². The van der Waals surface area contributed by atoms with Gasteiger partial charge in [-0.2, -0.15) is 0 Å². The highest BCUT2D eigenvalue weighted by atomic mass is 32.2. The van der Waals surface area contributed by atoms with Gasteiger partial charge in [0.25, 0.3) is 11.1 Å². The number of carbonyl (C=O) groups is 2. The summed E-state index contributed by atoms with van der Waals surface area (Å²) in [4.78, 5) is 24.0. The molecule has 0 radical (unpaired) electrons. The van der Waals surface area contributed by atoms with E-state index >= 15 is 0 Å². The zero-order chi connectivity index (χ0) is 14.5. The SMILES string of the molecule is CCCCCCCC1SC(=O)N(SC(C)(C)C)C1=O. The molecule has 19 heavy (non-hydrogen) atoms. The van der Waals surface area contributed by atoms with Crippen LogP contribution in [0.5, 0.6) is 0 Å². The number of rotatable bonds is 7. The molecule has 1 saturated heterocycles. The van der Waals surface area contributed by atoms with Gasteiger partial charge in [-0.1, -0.05) is 39.0 Å². The Morgan fingerprint density at radius 1 is 1.16 bits per heavy atom. The Balaban J connectivity index is 2.38. The first kappa shape index (κ1) is 16.9. The van der Waals surface area contributed by atoms with Gasteiger partial charge in [-0.15, -0.1) is 0 Å². The number of unbranched alkanes of at least 4 members (excludes halogenated alkanes) is 4. The van der Waals surface area contributed by atoms with Gasteiger partial charge in [-0.25, -0.2) is 4.31 Å². The van der Waals surface area contributed by atoms with Crippen LogP contribution >= 0.6 is 23.7 Å². The standard InChI is InChI=1S/C14H25NO2S2/c1-5-6-7-8-9-10-11-12(16)15(13(17)18-11)19-14(2,3)4/h11H,5-10H2,1-4H3. The molecule has 1 unspecified atom stereocenters. The zero-order valence-corrected chi connectivity index (χ0v) is 14.0. The Morgan fingerprint density at radius 3 is 2.37 bits per heavy atom. The van der Waals surface area contributed by atoms with Crippen molar-refractivity contribution in [1.29, 1.82) is 0 Å². The van der Waals surface area contributed by atoms with Crippen LogP contribution in [0.4, 0.5) is 4.79 Å². The molecule has 0 aromatic carbocycles. The van der Waals surface area contributed by atoms with Gasteiger partial charge in [0, 0.05) is 4.75 Å². The molecule has 0 aliphatic carbocycles. The van der Waals surface area contributed by atoms with Crippen LogP contribution in [0.2, 0.25) is 0 Å². The molecule has 1 rings (SSSR count). The van der Waals surface area contributed by atoms with Crippen molar-refractivity contribution in [3.63, 3.8) is 0 Å². The third kappa shape index (κ3) is 5.78. The number of carbonyl (C=O) groups excluding carboxylic acids is 2. The molecular weight excluding hydrogens is 278 g/mol. The molecule has 0 saturated carbocycles. The fourth-order valence-corrected chi connectivity index (χ4v) is 3.98. The predicted molar refractivity (Wildman–Crippen MR) is 84.3 cm³/mol. The van der Waals surface area contributed by atoms with Gasteiger partial charge in [-0.3, -0.25) is 9.59 Å². The number of thioether (sulfide) groups is 1. The number of amides is 2. The average Bonchev–Trinajstić information content (AvgIpc) is 2.55. The minimum absolute atomic E-state index is 0.00887. The first-order valence-electron chi connectivity index (χ1n) is 7.09. The quantitative estimate of drug-likeness (QED) is 0.497. The van der Waals surface area contributed by atoms with Crippen molar-refractivity contribution in [1.82, 2.24) is 4.31 Å². The lowest BCUT2D eigenvalue weighted by atomic mass is 10.1. The maximum atomic E-state index is 12.2. The number of hydrogen-bond acceptors (Lipinski definition) is 4. The van der Waals surface area contributed by atoms with E-state index in [-0.39, 0.29) is 21.1 Å². The Bertz CT molecular complexity index is 326. The fourth-order valence-electron chi connectivity index (χ4n) is 1.91. The van der Waals surface area contributed by atoms with Crippen LogP contribution in [0.25, 0.3) is 0 Å². The minimum atomic E-state index is -0.149. The van der Waals surface area contributed by atoms with E-state index in [0.717, 1.165) is 12.8 Å². The summed E-state index contributed by atoms with van der Waals surface area (Å²) in [6.07, 6.45) is 6.77. The van der Waals surface area contributed by atoms with Crippen LogP contribution in [-0.2, 0) is 4.79 Å². The summed E-state index contributed by atoms with van der Waals surface area (Å²) >= 11 is 2.55. The van der Waals surface area contributed by atoms with Gasteiger partial charge in [0.15, 0.2) is 0 Å². The molecule has 1 aliphatic rings. The van der Waals surface area contributed by atoms with Crippen LogP contribution in [-0.4, -0.2) is 25.4 Å². The maximum absolute atomic E-state index is 12.2. The first-order valence-corrected chi connectivity index (χ1v) is 8.74. The Kier molecular flexibility index (Phi) is 6.74. The lowest BCUT2D eigenvalue weighted by Crippen LogP contribution is -2.29. The van der Waals surface area contributed by atoms with Crippen LogP contribution in [0, 0.1) is 0 Å². The fraction of sp³-hybridized carbons (Fsp3) is 0.857. The third-order valence-electron chi connectivity index (χ3n) is 2.82. The molecule has 3 nitrogen and oxygen atoms in total. The lowest BCUT2D eigenvalue weighted by molar-refractivity contribution is -0.123. The Hall–Kier alpha value is -0.160. The second kappa shape index (κ2) is 7.58. The van der Waals surface area contributed by atoms with E-state index in [1.807, 2.05) is 20.8 Å². The van der Waals surface area contributed by atoms with Crippen LogP contribution in [0.3, 0.4) is 0 Å². The number of nitrogens with zero attached hydrogens (tertiary/aromatic N) is 1. The second-order valence-corrected chi connectivity index (χ2v) is 8.84. The highest BCUT2D eigenvalue weighted by molar-refractivity contribution is 8.17. The van der Waals surface area contributed by atoms with Gasteiger partial charge < -0.3 is 0 Å². The van der Waals surface area contributed by atoms with Gasteiger partial charge in [0.05, 0.1) is 5.25 Å². The van der Waals surface area contributed by atoms with E-state index < -0.39 is 0 Å². The normalized spacial score (nSPS) is 20.4. The summed E-state index contributed by atoms with van der Waals surface area (Å²) in [6.45, 7) is 8.24. The van der Waals surface area contributed by atoms with Crippen molar-refractivity contribution in [2.45, 2.75) is 76.2 Å². The number of imide groups is 1. The summed E-state index contributed by atoms with van der Waals surface area (Å²) in [5, 5.41) is -0.243. The van der Waals surface area contributed by atoms with Crippen LogP contribution < -0.4 is 0 Å². The van der Waals surface area contributed by atoms with Crippen molar-refractivity contribution in [2.75, 3.05) is 0 Å². The zero-order valence-electron chi connectivity index (χ0n) is 12.4. The first-order chi connectivity index (χ1) is 8.85. The molecule has 110 valence electrons. The summed E-state index contributed by atoms with van der Waals surface area (Å²) < 4.78 is 1.25. The monoisotopic (exact) mass is 303 g/mol.